The van der Waals surface area contributed by atoms with Gasteiger partial charge in [-0.05, 0) is 56.2 Å². The van der Waals surface area contributed by atoms with E-state index in [2.05, 4.69) is 15.0 Å². The van der Waals surface area contributed by atoms with E-state index >= 15 is 0 Å². The molecule has 3 rings (SSSR count). The molecule has 1 aromatic carbocycles. The van der Waals surface area contributed by atoms with Crippen LogP contribution in [0, 0.1) is 11.3 Å². The van der Waals surface area contributed by atoms with Crippen LogP contribution in [0.4, 0.5) is 34.8 Å². The van der Waals surface area contributed by atoms with E-state index in [1.54, 1.807) is 12.3 Å². The first kappa shape index (κ1) is 29.8. The van der Waals surface area contributed by atoms with Crippen molar-refractivity contribution in [2.24, 2.45) is 5.92 Å². The highest BCUT2D eigenvalue weighted by Gasteiger charge is 2.32. The number of allylic oxidation sites excluding steroid dienone is 2. The molecule has 0 unspecified atom stereocenters. The molecule has 0 bridgehead atoms. The number of β-amino-alcohol motifs (C(OH)–C–C–N with tert-alkyl or cyclic N) is 1. The maximum Gasteiger partial charge on any atom is 0.573 e. The zero-order valence-corrected chi connectivity index (χ0v) is 21.0. The van der Waals surface area contributed by atoms with E-state index in [1.807, 2.05) is 18.7 Å². The number of ether oxygens (including phenoxy) is 1. The first-order valence-electron chi connectivity index (χ1n) is 11.9. The van der Waals surface area contributed by atoms with E-state index in [0.29, 0.717) is 41.6 Å². The minimum atomic E-state index is -4.74. The Kier molecular flexibility index (Phi) is 11.0. The largest absolute Gasteiger partial charge is 0.573 e. The number of benzene rings is 1. The molecule has 1 aromatic heterocycles. The lowest BCUT2D eigenvalue weighted by atomic mass is 9.90. The van der Waals surface area contributed by atoms with E-state index in [9.17, 15) is 27.5 Å². The summed E-state index contributed by atoms with van der Waals surface area (Å²) < 4.78 is 52.1. The second-order valence-corrected chi connectivity index (χ2v) is 8.41. The van der Waals surface area contributed by atoms with Crippen molar-refractivity contribution in [1.29, 1.82) is 5.41 Å². The topological polar surface area (TPSA) is 98.5 Å². The normalized spacial score (nSPS) is 13.7. The SMILES string of the molecule is CC(=O)/C=C/CF.CCC(CC)C(=N)c1c(Nc2ccc(OC(F)(F)F)cc2)ccnc1N1CC(O)C1. The van der Waals surface area contributed by atoms with Gasteiger partial charge in [-0.15, -0.1) is 13.2 Å². The molecule has 0 atom stereocenters. The van der Waals surface area contributed by atoms with Crippen LogP contribution in [0.1, 0.15) is 39.2 Å². The monoisotopic (exact) mass is 524 g/mol. The minimum Gasteiger partial charge on any atom is -0.406 e. The van der Waals surface area contributed by atoms with Crippen LogP contribution < -0.4 is 15.0 Å². The fraction of sp³-hybridized carbons (Fsp3) is 0.423. The Morgan fingerprint density at radius 2 is 1.86 bits per heavy atom. The third kappa shape index (κ3) is 9.16. The van der Waals surface area contributed by atoms with Gasteiger partial charge in [0.25, 0.3) is 0 Å². The van der Waals surface area contributed by atoms with Crippen LogP contribution in [-0.4, -0.2) is 53.8 Å². The van der Waals surface area contributed by atoms with Gasteiger partial charge in [0.1, 0.15) is 18.2 Å². The van der Waals surface area contributed by atoms with Crippen molar-refractivity contribution < 1.29 is 32.2 Å². The molecule has 1 aliphatic heterocycles. The number of carbonyl (C=O) groups excluding carboxylic acids is 1. The van der Waals surface area contributed by atoms with Crippen LogP contribution >= 0.6 is 0 Å². The second kappa shape index (κ2) is 13.7. The number of rotatable bonds is 10. The number of carbonyl (C=O) groups is 1. The average Bonchev–Trinajstić information content (AvgIpc) is 2.82. The lowest BCUT2D eigenvalue weighted by molar-refractivity contribution is -0.274. The summed E-state index contributed by atoms with van der Waals surface area (Å²) in [5.41, 5.74) is 2.30. The summed E-state index contributed by atoms with van der Waals surface area (Å²) in [6.45, 7) is 5.77. The molecular formula is C26H32F4N4O3. The number of ketones is 1. The molecule has 1 aliphatic rings. The number of halogens is 4. The van der Waals surface area contributed by atoms with Crippen LogP contribution in [0.5, 0.6) is 5.75 Å². The van der Waals surface area contributed by atoms with Crippen molar-refractivity contribution >= 4 is 28.7 Å². The molecule has 0 spiro atoms. The van der Waals surface area contributed by atoms with E-state index in [0.717, 1.165) is 12.8 Å². The highest BCUT2D eigenvalue weighted by molar-refractivity contribution is 6.09. The van der Waals surface area contributed by atoms with Crippen LogP contribution in [0.15, 0.2) is 48.7 Å². The molecular weight excluding hydrogens is 492 g/mol. The average molecular weight is 525 g/mol. The number of anilines is 3. The highest BCUT2D eigenvalue weighted by atomic mass is 19.4. The van der Waals surface area contributed by atoms with Gasteiger partial charge in [0.2, 0.25) is 0 Å². The molecule has 2 aromatic rings. The molecule has 2 heterocycles. The predicted molar refractivity (Wildman–Crippen MR) is 136 cm³/mol. The Balaban J connectivity index is 0.000000604. The number of nitrogens with one attached hydrogen (secondary N) is 2. The van der Waals surface area contributed by atoms with E-state index in [4.69, 9.17) is 5.41 Å². The number of hydrogen-bond acceptors (Lipinski definition) is 7. The van der Waals surface area contributed by atoms with Crippen molar-refractivity contribution in [2.75, 3.05) is 30.0 Å². The quantitative estimate of drug-likeness (QED) is 0.206. The van der Waals surface area contributed by atoms with Gasteiger partial charge in [0, 0.05) is 36.6 Å². The van der Waals surface area contributed by atoms with Gasteiger partial charge >= 0.3 is 6.36 Å². The summed E-state index contributed by atoms with van der Waals surface area (Å²) in [5, 5.41) is 21.7. The van der Waals surface area contributed by atoms with Crippen molar-refractivity contribution in [3.8, 4) is 5.75 Å². The van der Waals surface area contributed by atoms with Crippen LogP contribution in [-0.2, 0) is 4.79 Å². The Hall–Kier alpha value is -3.47. The molecule has 11 heteroatoms. The smallest absolute Gasteiger partial charge is 0.406 e. The summed E-state index contributed by atoms with van der Waals surface area (Å²) >= 11 is 0. The third-order valence-electron chi connectivity index (χ3n) is 5.56. The summed E-state index contributed by atoms with van der Waals surface area (Å²) in [7, 11) is 0. The van der Waals surface area contributed by atoms with Gasteiger partial charge in [0.05, 0.1) is 17.4 Å². The van der Waals surface area contributed by atoms with Crippen LogP contribution in [0.2, 0.25) is 0 Å². The van der Waals surface area contributed by atoms with Gasteiger partial charge in [-0.3, -0.25) is 4.79 Å². The molecule has 37 heavy (non-hydrogen) atoms. The van der Waals surface area contributed by atoms with E-state index in [1.165, 1.54) is 43.3 Å². The van der Waals surface area contributed by atoms with Crippen molar-refractivity contribution in [1.82, 2.24) is 4.98 Å². The summed E-state index contributed by atoms with van der Waals surface area (Å²) in [5.74, 6) is 0.252. The summed E-state index contributed by atoms with van der Waals surface area (Å²) in [4.78, 5) is 16.3. The Morgan fingerprint density at radius 1 is 1.24 bits per heavy atom. The number of hydrogen-bond donors (Lipinski definition) is 3. The maximum absolute atomic E-state index is 12.4. The lowest BCUT2D eigenvalue weighted by Gasteiger charge is -2.38. The third-order valence-corrected chi connectivity index (χ3v) is 5.56. The molecule has 0 saturated carbocycles. The number of alkyl halides is 4. The number of aliphatic hydroxyl groups excluding tert-OH is 1. The fourth-order valence-electron chi connectivity index (χ4n) is 3.70. The fourth-order valence-corrected chi connectivity index (χ4v) is 3.70. The van der Waals surface area contributed by atoms with Gasteiger partial charge < -0.3 is 25.5 Å². The van der Waals surface area contributed by atoms with E-state index < -0.39 is 19.1 Å². The van der Waals surface area contributed by atoms with Crippen molar-refractivity contribution in [3.05, 3.63) is 54.2 Å². The molecule has 0 aliphatic carbocycles. The molecule has 3 N–H and O–H groups in total. The van der Waals surface area contributed by atoms with Crippen LogP contribution in [0.25, 0.3) is 0 Å². The zero-order valence-electron chi connectivity index (χ0n) is 21.0. The Bertz CT molecular complexity index is 1060. The molecule has 1 saturated heterocycles. The van der Waals surface area contributed by atoms with Gasteiger partial charge in [-0.25, -0.2) is 9.37 Å². The van der Waals surface area contributed by atoms with Crippen molar-refractivity contribution in [2.45, 2.75) is 46.1 Å². The molecule has 7 nitrogen and oxygen atoms in total. The maximum atomic E-state index is 12.4. The minimum absolute atomic E-state index is 0.0438. The van der Waals surface area contributed by atoms with Crippen LogP contribution in [0.3, 0.4) is 0 Å². The zero-order chi connectivity index (χ0) is 27.6. The standard InChI is InChI=1S/C21H25F3N4O2.C5H7FO/c1-3-13(4-2)19(25)18-17(9-10-26-20(18)28-11-15(29)12-28)27-14-5-7-16(8-6-14)30-21(22,23)24;1-5(7)3-2-4-6/h5-10,13,15,25,29H,3-4,11-12H2,1-2H3,(H,26,27);2-3H,4H2,1H3/b;3-2+. The lowest BCUT2D eigenvalue weighted by Crippen LogP contribution is -2.51. The molecule has 1 fully saturated rings. The number of aromatic nitrogens is 1. The van der Waals surface area contributed by atoms with Gasteiger partial charge in [-0.2, -0.15) is 0 Å². The molecule has 202 valence electrons. The Morgan fingerprint density at radius 3 is 2.32 bits per heavy atom. The van der Waals surface area contributed by atoms with Gasteiger partial charge in [-0.1, -0.05) is 19.9 Å². The Labute approximate surface area is 213 Å². The summed E-state index contributed by atoms with van der Waals surface area (Å²) in [6.07, 6.45) is 0.452. The first-order chi connectivity index (χ1) is 17.5. The second-order valence-electron chi connectivity index (χ2n) is 8.41. The number of pyridine rings is 1. The number of aliphatic hydroxyl groups is 1. The summed E-state index contributed by atoms with van der Waals surface area (Å²) in [6, 6.07) is 7.18. The number of nitrogens with zero attached hydrogens (tertiary/aromatic N) is 2. The molecule has 0 amide bonds. The first-order valence-corrected chi connectivity index (χ1v) is 11.9. The van der Waals surface area contributed by atoms with E-state index in [-0.39, 0.29) is 17.5 Å². The molecule has 0 radical (unpaired) electrons. The predicted octanol–water partition coefficient (Wildman–Crippen LogP) is 5.81. The van der Waals surface area contributed by atoms with Crippen molar-refractivity contribution in [3.63, 3.8) is 0 Å². The highest BCUT2D eigenvalue weighted by Crippen LogP contribution is 2.34. The van der Waals surface area contributed by atoms with Gasteiger partial charge in [0.15, 0.2) is 5.78 Å².